The Morgan fingerprint density at radius 3 is 2.93 bits per heavy atom. The summed E-state index contributed by atoms with van der Waals surface area (Å²) in [5.74, 6) is 0.177. The second-order valence-corrected chi connectivity index (χ2v) is 4.63. The van der Waals surface area contributed by atoms with Gasteiger partial charge in [0.05, 0.1) is 0 Å². The lowest BCUT2D eigenvalue weighted by Crippen LogP contribution is -2.56. The highest BCUT2D eigenvalue weighted by molar-refractivity contribution is 5.87. The van der Waals surface area contributed by atoms with Gasteiger partial charge < -0.3 is 4.90 Å². The normalized spacial score (nSPS) is 32.3. The Balaban J connectivity index is 2.03. The zero-order valence-corrected chi connectivity index (χ0v) is 9.65. The van der Waals surface area contributed by atoms with E-state index in [2.05, 4.69) is 11.8 Å². The van der Waals surface area contributed by atoms with Crippen molar-refractivity contribution in [3.8, 4) is 0 Å². The lowest BCUT2D eigenvalue weighted by atomic mass is 10.1. The average molecular weight is 208 g/mol. The first-order valence-corrected chi connectivity index (χ1v) is 5.89. The molecule has 1 amide bonds. The van der Waals surface area contributed by atoms with Gasteiger partial charge in [-0.15, -0.1) is 0 Å². The Morgan fingerprint density at radius 1 is 1.40 bits per heavy atom. The Labute approximate surface area is 91.7 Å². The van der Waals surface area contributed by atoms with Crippen molar-refractivity contribution < 1.29 is 4.79 Å². The molecule has 2 atom stereocenters. The fourth-order valence-corrected chi connectivity index (χ4v) is 2.73. The molecule has 0 aromatic rings. The Kier molecular flexibility index (Phi) is 3.10. The van der Waals surface area contributed by atoms with E-state index >= 15 is 0 Å². The summed E-state index contributed by atoms with van der Waals surface area (Å²) in [6, 6.07) is 0.985. The zero-order valence-electron chi connectivity index (χ0n) is 9.65. The molecular weight excluding hydrogens is 188 g/mol. The van der Waals surface area contributed by atoms with E-state index in [-0.39, 0.29) is 5.91 Å². The van der Waals surface area contributed by atoms with Crippen LogP contribution in [0.1, 0.15) is 26.7 Å². The smallest absolute Gasteiger partial charge is 0.246 e. The molecule has 2 rings (SSSR count). The third kappa shape index (κ3) is 2.07. The monoisotopic (exact) mass is 208 g/mol. The minimum absolute atomic E-state index is 0.177. The Bertz CT molecular complexity index is 275. The van der Waals surface area contributed by atoms with Gasteiger partial charge in [-0.05, 0) is 39.3 Å². The van der Waals surface area contributed by atoms with Gasteiger partial charge in [-0.1, -0.05) is 6.08 Å². The van der Waals surface area contributed by atoms with Crippen LogP contribution < -0.4 is 0 Å². The number of fused-ring (bicyclic) bond motifs is 1. The van der Waals surface area contributed by atoms with E-state index in [0.29, 0.717) is 12.1 Å². The molecule has 0 bridgehead atoms. The predicted octanol–water partition coefficient (Wildman–Crippen LogP) is 1.26. The molecule has 2 unspecified atom stereocenters. The molecule has 0 aromatic carbocycles. The molecule has 2 aliphatic heterocycles. The minimum atomic E-state index is 0.177. The van der Waals surface area contributed by atoms with Crippen LogP contribution in [0.2, 0.25) is 0 Å². The summed E-state index contributed by atoms with van der Waals surface area (Å²) in [5.41, 5.74) is 0. The lowest BCUT2D eigenvalue weighted by Gasteiger charge is -2.41. The molecule has 3 nitrogen and oxygen atoms in total. The second kappa shape index (κ2) is 4.35. The highest BCUT2D eigenvalue weighted by atomic mass is 16.2. The van der Waals surface area contributed by atoms with E-state index in [0.717, 1.165) is 13.1 Å². The second-order valence-electron chi connectivity index (χ2n) is 4.63. The lowest BCUT2D eigenvalue weighted by molar-refractivity contribution is -0.131. The fourth-order valence-electron chi connectivity index (χ4n) is 2.73. The van der Waals surface area contributed by atoms with Crippen molar-refractivity contribution in [2.75, 3.05) is 19.6 Å². The largest absolute Gasteiger partial charge is 0.334 e. The summed E-state index contributed by atoms with van der Waals surface area (Å²) < 4.78 is 0. The van der Waals surface area contributed by atoms with Crippen molar-refractivity contribution in [3.63, 3.8) is 0 Å². The molecule has 0 aliphatic carbocycles. The average Bonchev–Trinajstić information content (AvgIpc) is 2.63. The Morgan fingerprint density at radius 2 is 2.20 bits per heavy atom. The van der Waals surface area contributed by atoms with E-state index in [1.165, 1.54) is 19.4 Å². The molecule has 0 aromatic heterocycles. The van der Waals surface area contributed by atoms with Gasteiger partial charge in [0.2, 0.25) is 5.91 Å². The zero-order chi connectivity index (χ0) is 10.8. The SMILES string of the molecule is C/C=C/C(=O)N1CC2CCCN2CC1C. The predicted molar refractivity (Wildman–Crippen MR) is 60.6 cm³/mol. The minimum Gasteiger partial charge on any atom is -0.334 e. The summed E-state index contributed by atoms with van der Waals surface area (Å²) in [6.45, 7) is 7.24. The number of hydrogen-bond acceptors (Lipinski definition) is 2. The van der Waals surface area contributed by atoms with Crippen molar-refractivity contribution in [2.24, 2.45) is 0 Å². The van der Waals surface area contributed by atoms with Crippen LogP contribution in [-0.4, -0.2) is 47.4 Å². The molecule has 0 spiro atoms. The topological polar surface area (TPSA) is 23.6 Å². The van der Waals surface area contributed by atoms with Crippen molar-refractivity contribution >= 4 is 5.91 Å². The van der Waals surface area contributed by atoms with Gasteiger partial charge in [-0.3, -0.25) is 9.69 Å². The molecule has 2 heterocycles. The summed E-state index contributed by atoms with van der Waals surface area (Å²) in [4.78, 5) is 16.4. The van der Waals surface area contributed by atoms with E-state index < -0.39 is 0 Å². The van der Waals surface area contributed by atoms with Gasteiger partial charge in [0.1, 0.15) is 0 Å². The third-order valence-corrected chi connectivity index (χ3v) is 3.53. The molecule has 0 saturated carbocycles. The molecule has 2 aliphatic rings. The molecule has 2 fully saturated rings. The van der Waals surface area contributed by atoms with Gasteiger partial charge in [-0.2, -0.15) is 0 Å². The summed E-state index contributed by atoms with van der Waals surface area (Å²) in [7, 11) is 0. The molecule has 2 saturated heterocycles. The van der Waals surface area contributed by atoms with Gasteiger partial charge in [0.25, 0.3) is 0 Å². The fraction of sp³-hybridized carbons (Fsp3) is 0.750. The van der Waals surface area contributed by atoms with E-state index in [1.807, 2.05) is 17.9 Å². The number of hydrogen-bond donors (Lipinski definition) is 0. The van der Waals surface area contributed by atoms with Crippen LogP contribution in [0.3, 0.4) is 0 Å². The van der Waals surface area contributed by atoms with E-state index in [4.69, 9.17) is 0 Å². The standard InChI is InChI=1S/C12H20N2O/c1-3-5-12(15)14-9-11-6-4-7-13(11)8-10(14)2/h3,5,10-11H,4,6-9H2,1-2H3/b5-3+. The molecular formula is C12H20N2O. The summed E-state index contributed by atoms with van der Waals surface area (Å²) >= 11 is 0. The summed E-state index contributed by atoms with van der Waals surface area (Å²) in [5, 5.41) is 0. The Hall–Kier alpha value is -0.830. The van der Waals surface area contributed by atoms with Crippen LogP contribution in [0.15, 0.2) is 12.2 Å². The van der Waals surface area contributed by atoms with Gasteiger partial charge in [-0.25, -0.2) is 0 Å². The third-order valence-electron chi connectivity index (χ3n) is 3.53. The number of piperazine rings is 1. The van der Waals surface area contributed by atoms with Crippen molar-refractivity contribution in [2.45, 2.75) is 38.8 Å². The van der Waals surface area contributed by atoms with Crippen LogP contribution in [0.5, 0.6) is 0 Å². The number of carbonyl (C=O) groups is 1. The van der Waals surface area contributed by atoms with Crippen LogP contribution in [0, 0.1) is 0 Å². The maximum Gasteiger partial charge on any atom is 0.246 e. The quantitative estimate of drug-likeness (QED) is 0.606. The first-order chi connectivity index (χ1) is 7.22. The molecule has 0 N–H and O–H groups in total. The number of allylic oxidation sites excluding steroid dienone is 1. The number of rotatable bonds is 1. The number of amides is 1. The summed E-state index contributed by atoms with van der Waals surface area (Å²) in [6.07, 6.45) is 6.06. The van der Waals surface area contributed by atoms with Gasteiger partial charge in [0, 0.05) is 25.2 Å². The van der Waals surface area contributed by atoms with Gasteiger partial charge in [0.15, 0.2) is 0 Å². The first kappa shape index (κ1) is 10.7. The maximum atomic E-state index is 11.8. The van der Waals surface area contributed by atoms with Crippen molar-refractivity contribution in [1.82, 2.24) is 9.80 Å². The van der Waals surface area contributed by atoms with Crippen molar-refractivity contribution in [1.29, 1.82) is 0 Å². The highest BCUT2D eigenvalue weighted by Gasteiger charge is 2.35. The molecule has 15 heavy (non-hydrogen) atoms. The molecule has 3 heteroatoms. The van der Waals surface area contributed by atoms with Crippen LogP contribution in [0.25, 0.3) is 0 Å². The molecule has 0 radical (unpaired) electrons. The highest BCUT2D eigenvalue weighted by Crippen LogP contribution is 2.24. The molecule has 84 valence electrons. The van der Waals surface area contributed by atoms with Crippen molar-refractivity contribution in [3.05, 3.63) is 12.2 Å². The van der Waals surface area contributed by atoms with Crippen LogP contribution in [-0.2, 0) is 4.79 Å². The first-order valence-electron chi connectivity index (χ1n) is 5.89. The number of nitrogens with zero attached hydrogens (tertiary/aromatic N) is 2. The van der Waals surface area contributed by atoms with Crippen LogP contribution in [0.4, 0.5) is 0 Å². The van der Waals surface area contributed by atoms with Crippen LogP contribution >= 0.6 is 0 Å². The van der Waals surface area contributed by atoms with E-state index in [1.54, 1.807) is 6.08 Å². The van der Waals surface area contributed by atoms with E-state index in [9.17, 15) is 4.79 Å². The maximum absolute atomic E-state index is 11.8. The van der Waals surface area contributed by atoms with Gasteiger partial charge >= 0.3 is 0 Å². The number of carbonyl (C=O) groups excluding carboxylic acids is 1.